The molecule has 1 aromatic heterocycles. The topological polar surface area (TPSA) is 44.1 Å². The van der Waals surface area contributed by atoms with Gasteiger partial charge in [0, 0.05) is 10.5 Å². The van der Waals surface area contributed by atoms with Crippen molar-refractivity contribution >= 4 is 26.8 Å². The van der Waals surface area contributed by atoms with Crippen LogP contribution in [0.4, 0.5) is 0 Å². The van der Waals surface area contributed by atoms with E-state index in [1.807, 2.05) is 43.3 Å². The Bertz CT molecular complexity index is 887. The van der Waals surface area contributed by atoms with Crippen molar-refractivity contribution < 1.29 is 4.74 Å². The van der Waals surface area contributed by atoms with Gasteiger partial charge in [-0.2, -0.15) is 0 Å². The first-order valence-electron chi connectivity index (χ1n) is 6.43. The van der Waals surface area contributed by atoms with Crippen molar-refractivity contribution in [2.75, 3.05) is 7.11 Å². The van der Waals surface area contributed by atoms with Crippen molar-refractivity contribution in [1.82, 2.24) is 9.55 Å². The molecule has 0 unspecified atom stereocenters. The number of rotatable bonds is 2. The first kappa shape index (κ1) is 13.8. The van der Waals surface area contributed by atoms with E-state index in [4.69, 9.17) is 4.74 Å². The highest BCUT2D eigenvalue weighted by Gasteiger charge is 2.10. The third-order valence-corrected chi connectivity index (χ3v) is 3.80. The fraction of sp³-hybridized carbons (Fsp3) is 0.125. The molecule has 0 fully saturated rings. The number of hydrogen-bond donors (Lipinski definition) is 0. The van der Waals surface area contributed by atoms with Gasteiger partial charge in [0.05, 0.1) is 23.7 Å². The van der Waals surface area contributed by atoms with Gasteiger partial charge in [0.15, 0.2) is 0 Å². The second kappa shape index (κ2) is 5.33. The van der Waals surface area contributed by atoms with E-state index in [1.54, 1.807) is 17.7 Å². The summed E-state index contributed by atoms with van der Waals surface area (Å²) in [5.74, 6) is 1.34. The summed E-state index contributed by atoms with van der Waals surface area (Å²) in [7, 11) is 1.60. The van der Waals surface area contributed by atoms with E-state index in [0.717, 1.165) is 10.2 Å². The van der Waals surface area contributed by atoms with Crippen molar-refractivity contribution in [3.63, 3.8) is 0 Å². The maximum absolute atomic E-state index is 12.8. The summed E-state index contributed by atoms with van der Waals surface area (Å²) in [5, 5.41) is 0.581. The highest BCUT2D eigenvalue weighted by molar-refractivity contribution is 9.10. The van der Waals surface area contributed by atoms with Gasteiger partial charge in [-0.05, 0) is 37.3 Å². The zero-order valence-electron chi connectivity index (χ0n) is 11.6. The molecule has 1 heterocycles. The fourth-order valence-electron chi connectivity index (χ4n) is 2.32. The maximum atomic E-state index is 12.8. The Hall–Kier alpha value is -2.14. The molecule has 0 radical (unpaired) electrons. The maximum Gasteiger partial charge on any atom is 0.266 e. The molecule has 5 heteroatoms. The minimum absolute atomic E-state index is 0.0907. The molecule has 0 bridgehead atoms. The number of nitrogens with zero attached hydrogens (tertiary/aromatic N) is 2. The van der Waals surface area contributed by atoms with E-state index >= 15 is 0 Å². The van der Waals surface area contributed by atoms with Crippen LogP contribution in [0.2, 0.25) is 0 Å². The number of benzene rings is 2. The molecule has 21 heavy (non-hydrogen) atoms. The number of aromatic nitrogens is 2. The van der Waals surface area contributed by atoms with Gasteiger partial charge in [-0.15, -0.1) is 0 Å². The zero-order chi connectivity index (χ0) is 15.0. The van der Waals surface area contributed by atoms with E-state index in [1.165, 1.54) is 0 Å². The van der Waals surface area contributed by atoms with Gasteiger partial charge in [-0.25, -0.2) is 4.98 Å². The van der Waals surface area contributed by atoms with Crippen LogP contribution in [0.25, 0.3) is 16.6 Å². The van der Waals surface area contributed by atoms with E-state index in [9.17, 15) is 4.79 Å². The predicted octanol–water partition coefficient (Wildman–Crippen LogP) is 3.47. The molecule has 0 N–H and O–H groups in total. The normalized spacial score (nSPS) is 10.8. The first-order chi connectivity index (χ1) is 10.1. The Morgan fingerprint density at radius 3 is 2.76 bits per heavy atom. The lowest BCUT2D eigenvalue weighted by Crippen LogP contribution is -2.22. The Balaban J connectivity index is 2.34. The average Bonchev–Trinajstić information content (AvgIpc) is 2.48. The largest absolute Gasteiger partial charge is 0.497 e. The lowest BCUT2D eigenvalue weighted by molar-refractivity contribution is 0.414. The summed E-state index contributed by atoms with van der Waals surface area (Å²) in [6.07, 6.45) is 0. The number of aryl methyl sites for hydroxylation is 1. The molecule has 4 nitrogen and oxygen atoms in total. The number of fused-ring (bicyclic) bond motifs is 1. The Kier molecular flexibility index (Phi) is 3.51. The molecule has 0 aliphatic heterocycles. The molecule has 0 spiro atoms. The smallest absolute Gasteiger partial charge is 0.266 e. The quantitative estimate of drug-likeness (QED) is 0.714. The highest BCUT2D eigenvalue weighted by atomic mass is 79.9. The zero-order valence-corrected chi connectivity index (χ0v) is 13.2. The second-order valence-corrected chi connectivity index (χ2v) is 5.58. The van der Waals surface area contributed by atoms with Crippen molar-refractivity contribution in [3.8, 4) is 11.4 Å². The molecular weight excluding hydrogens is 332 g/mol. The van der Waals surface area contributed by atoms with Crippen LogP contribution in [-0.2, 0) is 0 Å². The minimum atomic E-state index is -0.0907. The number of ether oxygens (including phenoxy) is 1. The monoisotopic (exact) mass is 344 g/mol. The Labute approximate surface area is 130 Å². The predicted molar refractivity (Wildman–Crippen MR) is 86.3 cm³/mol. The van der Waals surface area contributed by atoms with Gasteiger partial charge >= 0.3 is 0 Å². The molecule has 0 aliphatic rings. The van der Waals surface area contributed by atoms with Crippen LogP contribution in [0, 0.1) is 6.92 Å². The summed E-state index contributed by atoms with van der Waals surface area (Å²) in [6, 6.07) is 12.9. The van der Waals surface area contributed by atoms with E-state index in [-0.39, 0.29) is 5.56 Å². The van der Waals surface area contributed by atoms with Crippen molar-refractivity contribution in [2.45, 2.75) is 6.92 Å². The van der Waals surface area contributed by atoms with Gasteiger partial charge in [0.25, 0.3) is 5.56 Å². The van der Waals surface area contributed by atoms with Crippen LogP contribution in [0.15, 0.2) is 51.7 Å². The van der Waals surface area contributed by atoms with Crippen molar-refractivity contribution in [3.05, 3.63) is 63.1 Å². The van der Waals surface area contributed by atoms with Crippen LogP contribution in [0.1, 0.15) is 5.82 Å². The van der Waals surface area contributed by atoms with Gasteiger partial charge in [-0.1, -0.05) is 22.0 Å². The van der Waals surface area contributed by atoms with E-state index < -0.39 is 0 Å². The van der Waals surface area contributed by atoms with Crippen molar-refractivity contribution in [1.29, 1.82) is 0 Å². The van der Waals surface area contributed by atoms with Crippen molar-refractivity contribution in [2.24, 2.45) is 0 Å². The molecule has 0 saturated heterocycles. The average molecular weight is 345 g/mol. The van der Waals surface area contributed by atoms with Gasteiger partial charge in [-0.3, -0.25) is 9.36 Å². The van der Waals surface area contributed by atoms with Crippen LogP contribution in [-0.4, -0.2) is 16.7 Å². The van der Waals surface area contributed by atoms with Gasteiger partial charge in [0.2, 0.25) is 0 Å². The summed E-state index contributed by atoms with van der Waals surface area (Å²) in [4.78, 5) is 17.3. The minimum Gasteiger partial charge on any atom is -0.497 e. The van der Waals surface area contributed by atoms with Gasteiger partial charge < -0.3 is 4.74 Å². The molecule has 0 aliphatic carbocycles. The molecular formula is C16H13BrN2O2. The molecule has 0 amide bonds. The summed E-state index contributed by atoms with van der Waals surface area (Å²) in [6.45, 7) is 1.82. The Morgan fingerprint density at radius 1 is 1.19 bits per heavy atom. The lowest BCUT2D eigenvalue weighted by Gasteiger charge is -2.12. The molecule has 3 rings (SSSR count). The van der Waals surface area contributed by atoms with Crippen LogP contribution < -0.4 is 10.3 Å². The second-order valence-electron chi connectivity index (χ2n) is 4.66. The number of methoxy groups -OCH3 is 1. The van der Waals surface area contributed by atoms with E-state index in [0.29, 0.717) is 22.5 Å². The summed E-state index contributed by atoms with van der Waals surface area (Å²) >= 11 is 3.39. The fourth-order valence-corrected chi connectivity index (χ4v) is 2.68. The summed E-state index contributed by atoms with van der Waals surface area (Å²) in [5.41, 5.74) is 1.35. The van der Waals surface area contributed by atoms with Crippen LogP contribution in [0.5, 0.6) is 5.75 Å². The van der Waals surface area contributed by atoms with Crippen LogP contribution in [0.3, 0.4) is 0 Å². The molecule has 0 saturated carbocycles. The molecule has 2 aromatic carbocycles. The standard InChI is InChI=1S/C16H13BrN2O2/c1-10-18-15-7-6-11(17)8-14(15)16(20)19(10)12-4-3-5-13(9-12)21-2/h3-9H,1-2H3. The first-order valence-corrected chi connectivity index (χ1v) is 7.23. The van der Waals surface area contributed by atoms with Gasteiger partial charge in [0.1, 0.15) is 11.6 Å². The third kappa shape index (κ3) is 2.45. The number of hydrogen-bond acceptors (Lipinski definition) is 3. The third-order valence-electron chi connectivity index (χ3n) is 3.31. The molecule has 3 aromatic rings. The molecule has 0 atom stereocenters. The Morgan fingerprint density at radius 2 is 2.00 bits per heavy atom. The number of halogens is 1. The van der Waals surface area contributed by atoms with E-state index in [2.05, 4.69) is 20.9 Å². The lowest BCUT2D eigenvalue weighted by atomic mass is 10.2. The molecule has 106 valence electrons. The van der Waals surface area contributed by atoms with Crippen LogP contribution >= 0.6 is 15.9 Å². The summed E-state index contributed by atoms with van der Waals surface area (Å²) < 4.78 is 7.67. The SMILES string of the molecule is COc1cccc(-n2c(C)nc3ccc(Br)cc3c2=O)c1. The highest BCUT2D eigenvalue weighted by Crippen LogP contribution is 2.19.